The molecule has 6 nitrogen and oxygen atoms in total. The van der Waals surface area contributed by atoms with Crippen LogP contribution >= 0.6 is 0 Å². The number of nitrogens with one attached hydrogen (secondary N) is 2. The number of primary amides is 1. The summed E-state index contributed by atoms with van der Waals surface area (Å²) in [6.07, 6.45) is 0. The summed E-state index contributed by atoms with van der Waals surface area (Å²) >= 11 is 0. The molecule has 0 aliphatic heterocycles. The molecule has 3 amide bonds. The first kappa shape index (κ1) is 15.9. The molecule has 0 saturated heterocycles. The normalized spacial score (nSPS) is 11.8. The third-order valence-corrected chi connectivity index (χ3v) is 2.57. The van der Waals surface area contributed by atoms with Crippen LogP contribution in [0, 0.1) is 5.82 Å². The third kappa shape index (κ3) is 4.85. The van der Waals surface area contributed by atoms with E-state index in [2.05, 4.69) is 5.32 Å². The minimum Gasteiger partial charge on any atom is -0.483 e. The molecule has 0 aromatic heterocycles. The Morgan fingerprint density at radius 1 is 1.45 bits per heavy atom. The Balaban J connectivity index is 2.78. The summed E-state index contributed by atoms with van der Waals surface area (Å²) in [4.78, 5) is 21.8. The van der Waals surface area contributed by atoms with Crippen molar-refractivity contribution in [3.8, 4) is 5.75 Å². The van der Waals surface area contributed by atoms with Crippen LogP contribution in [-0.4, -0.2) is 25.1 Å². The first-order valence-corrected chi connectivity index (χ1v) is 6.19. The number of imide groups is 1. The Morgan fingerprint density at radius 3 is 2.75 bits per heavy atom. The van der Waals surface area contributed by atoms with Crippen molar-refractivity contribution in [1.82, 2.24) is 10.6 Å². The number of hydrogen-bond donors (Lipinski definition) is 3. The Hall–Kier alpha value is -2.15. The smallest absolute Gasteiger partial charge is 0.318 e. The minimum atomic E-state index is -0.945. The molecule has 110 valence electrons. The number of nitrogens with two attached hydrogens (primary N) is 1. The van der Waals surface area contributed by atoms with Gasteiger partial charge >= 0.3 is 6.03 Å². The lowest BCUT2D eigenvalue weighted by Gasteiger charge is -2.17. The van der Waals surface area contributed by atoms with Crippen molar-refractivity contribution >= 4 is 11.9 Å². The quantitative estimate of drug-likeness (QED) is 0.728. The molecule has 1 rings (SSSR count). The maximum Gasteiger partial charge on any atom is 0.318 e. The highest BCUT2D eigenvalue weighted by Gasteiger charge is 2.14. The van der Waals surface area contributed by atoms with E-state index in [0.29, 0.717) is 17.9 Å². The molecule has 4 N–H and O–H groups in total. The Morgan fingerprint density at radius 2 is 2.15 bits per heavy atom. The highest BCUT2D eigenvalue weighted by molar-refractivity contribution is 5.94. The molecule has 0 spiro atoms. The van der Waals surface area contributed by atoms with E-state index in [1.54, 1.807) is 0 Å². The lowest BCUT2D eigenvalue weighted by atomic mass is 10.1. The van der Waals surface area contributed by atoms with Gasteiger partial charge in [-0.2, -0.15) is 0 Å². The number of urea groups is 1. The molecule has 0 fully saturated rings. The van der Waals surface area contributed by atoms with Crippen molar-refractivity contribution < 1.29 is 18.7 Å². The Bertz CT molecular complexity index is 494. The van der Waals surface area contributed by atoms with Crippen molar-refractivity contribution in [3.05, 3.63) is 29.6 Å². The second kappa shape index (κ2) is 7.44. The molecule has 1 aromatic rings. The molecule has 0 bridgehead atoms. The van der Waals surface area contributed by atoms with Gasteiger partial charge in [0.15, 0.2) is 6.61 Å². The fourth-order valence-corrected chi connectivity index (χ4v) is 1.72. The van der Waals surface area contributed by atoms with Crippen LogP contribution in [0.5, 0.6) is 5.75 Å². The number of halogens is 1. The predicted octanol–water partition coefficient (Wildman–Crippen LogP) is 1.07. The summed E-state index contributed by atoms with van der Waals surface area (Å²) in [7, 11) is 0. The van der Waals surface area contributed by atoms with Crippen LogP contribution in [0.2, 0.25) is 0 Å². The van der Waals surface area contributed by atoms with Crippen LogP contribution in [0.25, 0.3) is 0 Å². The second-order valence-electron chi connectivity index (χ2n) is 4.16. The largest absolute Gasteiger partial charge is 0.483 e. The number of ether oxygens (including phenoxy) is 1. The maximum atomic E-state index is 13.3. The van der Waals surface area contributed by atoms with Crippen LogP contribution in [0.1, 0.15) is 25.5 Å². The monoisotopic (exact) mass is 283 g/mol. The zero-order valence-corrected chi connectivity index (χ0v) is 11.4. The summed E-state index contributed by atoms with van der Waals surface area (Å²) in [6.45, 7) is 4.12. The van der Waals surface area contributed by atoms with E-state index in [9.17, 15) is 14.0 Å². The SMILES string of the molecule is CCNC(C)c1cc(F)ccc1OCC(=O)NC(N)=O. The topological polar surface area (TPSA) is 93.4 Å². The molecule has 1 aromatic carbocycles. The molecule has 1 unspecified atom stereocenters. The fourth-order valence-electron chi connectivity index (χ4n) is 1.72. The molecule has 0 aliphatic rings. The van der Waals surface area contributed by atoms with Crippen LogP contribution < -0.4 is 21.1 Å². The van der Waals surface area contributed by atoms with E-state index >= 15 is 0 Å². The number of rotatable bonds is 6. The molecular weight excluding hydrogens is 265 g/mol. The van der Waals surface area contributed by atoms with Crippen molar-refractivity contribution in [2.75, 3.05) is 13.2 Å². The molecule has 7 heteroatoms. The average Bonchev–Trinajstić information content (AvgIpc) is 2.36. The Kier molecular flexibility index (Phi) is 5.92. The zero-order valence-electron chi connectivity index (χ0n) is 11.4. The summed E-state index contributed by atoms with van der Waals surface area (Å²) < 4.78 is 18.6. The zero-order chi connectivity index (χ0) is 15.1. The van der Waals surface area contributed by atoms with E-state index < -0.39 is 17.8 Å². The van der Waals surface area contributed by atoms with Gasteiger partial charge in [-0.05, 0) is 31.7 Å². The summed E-state index contributed by atoms with van der Waals surface area (Å²) in [5.74, 6) is -0.679. The minimum absolute atomic E-state index is 0.134. The summed E-state index contributed by atoms with van der Waals surface area (Å²) in [5, 5.41) is 5.01. The highest BCUT2D eigenvalue weighted by Crippen LogP contribution is 2.26. The van der Waals surface area contributed by atoms with Gasteiger partial charge in [0.1, 0.15) is 11.6 Å². The van der Waals surface area contributed by atoms with Gasteiger partial charge in [0.25, 0.3) is 5.91 Å². The van der Waals surface area contributed by atoms with Gasteiger partial charge in [0, 0.05) is 11.6 Å². The van der Waals surface area contributed by atoms with E-state index in [4.69, 9.17) is 10.5 Å². The van der Waals surface area contributed by atoms with Gasteiger partial charge in [-0.1, -0.05) is 6.92 Å². The number of carbonyl (C=O) groups is 2. The van der Waals surface area contributed by atoms with Crippen LogP contribution in [0.4, 0.5) is 9.18 Å². The van der Waals surface area contributed by atoms with Crippen LogP contribution in [-0.2, 0) is 4.79 Å². The first-order valence-electron chi connectivity index (χ1n) is 6.19. The molecular formula is C13H18FN3O3. The Labute approximate surface area is 116 Å². The third-order valence-electron chi connectivity index (χ3n) is 2.57. The second-order valence-corrected chi connectivity index (χ2v) is 4.16. The van der Waals surface area contributed by atoms with Gasteiger partial charge in [0.05, 0.1) is 0 Å². The molecule has 0 radical (unpaired) electrons. The predicted molar refractivity (Wildman–Crippen MR) is 71.7 cm³/mol. The number of carbonyl (C=O) groups excluding carboxylic acids is 2. The molecule has 0 heterocycles. The summed E-state index contributed by atoms with van der Waals surface area (Å²) in [5.41, 5.74) is 5.41. The van der Waals surface area contributed by atoms with E-state index in [-0.39, 0.29) is 12.6 Å². The molecule has 0 aliphatic carbocycles. The van der Waals surface area contributed by atoms with Crippen molar-refractivity contribution in [2.24, 2.45) is 5.73 Å². The fraction of sp³-hybridized carbons (Fsp3) is 0.385. The molecule has 20 heavy (non-hydrogen) atoms. The van der Waals surface area contributed by atoms with Crippen LogP contribution in [0.3, 0.4) is 0 Å². The van der Waals surface area contributed by atoms with Crippen molar-refractivity contribution in [2.45, 2.75) is 19.9 Å². The lowest BCUT2D eigenvalue weighted by molar-refractivity contribution is -0.121. The van der Waals surface area contributed by atoms with Gasteiger partial charge < -0.3 is 15.8 Å². The standard InChI is InChI=1S/C13H18FN3O3/c1-3-16-8(2)10-6-9(14)4-5-11(10)20-7-12(18)17-13(15)19/h4-6,8,16H,3,7H2,1-2H3,(H3,15,17,18,19). The number of benzene rings is 1. The summed E-state index contributed by atoms with van der Waals surface area (Å²) in [6, 6.07) is 2.94. The first-order chi connectivity index (χ1) is 9.43. The maximum absolute atomic E-state index is 13.3. The van der Waals surface area contributed by atoms with E-state index in [1.807, 2.05) is 19.2 Å². The van der Waals surface area contributed by atoms with Gasteiger partial charge in [-0.3, -0.25) is 10.1 Å². The van der Waals surface area contributed by atoms with Gasteiger partial charge in [-0.15, -0.1) is 0 Å². The molecule has 0 saturated carbocycles. The van der Waals surface area contributed by atoms with Crippen molar-refractivity contribution in [1.29, 1.82) is 0 Å². The van der Waals surface area contributed by atoms with Crippen molar-refractivity contribution in [3.63, 3.8) is 0 Å². The average molecular weight is 283 g/mol. The highest BCUT2D eigenvalue weighted by atomic mass is 19.1. The van der Waals surface area contributed by atoms with E-state index in [0.717, 1.165) is 0 Å². The molecule has 1 atom stereocenters. The lowest BCUT2D eigenvalue weighted by Crippen LogP contribution is -2.38. The van der Waals surface area contributed by atoms with Crippen LogP contribution in [0.15, 0.2) is 18.2 Å². The number of hydrogen-bond acceptors (Lipinski definition) is 4. The van der Waals surface area contributed by atoms with E-state index in [1.165, 1.54) is 18.2 Å². The van der Waals surface area contributed by atoms with Gasteiger partial charge in [0.2, 0.25) is 0 Å². The number of amides is 3. The van der Waals surface area contributed by atoms with Gasteiger partial charge in [-0.25, -0.2) is 9.18 Å².